The maximum Gasteiger partial charge on any atom is 0.306 e. The Hall–Kier alpha value is -2.37. The van der Waals surface area contributed by atoms with E-state index in [1.54, 1.807) is 0 Å². The molecule has 73 heavy (non-hydrogen) atoms. The maximum absolute atomic E-state index is 12.9. The third-order valence-electron chi connectivity index (χ3n) is 14.6. The second kappa shape index (κ2) is 62.2. The van der Waals surface area contributed by atoms with Gasteiger partial charge >= 0.3 is 17.9 Å². The monoisotopic (exact) mass is 1020 g/mol. The van der Waals surface area contributed by atoms with Gasteiger partial charge in [-0.15, -0.1) is 0 Å². The molecule has 0 bridgehead atoms. The van der Waals surface area contributed by atoms with Gasteiger partial charge in [0.2, 0.25) is 0 Å². The van der Waals surface area contributed by atoms with Crippen LogP contribution in [0.4, 0.5) is 0 Å². The van der Waals surface area contributed by atoms with Crippen molar-refractivity contribution in [1.82, 2.24) is 0 Å². The molecule has 0 aliphatic rings. The average molecular weight is 1030 g/mol. The minimum absolute atomic E-state index is 0.0708. The van der Waals surface area contributed by atoms with Gasteiger partial charge in [0.05, 0.1) is 0 Å². The lowest BCUT2D eigenvalue weighted by Gasteiger charge is -2.18. The lowest BCUT2D eigenvalue weighted by molar-refractivity contribution is -0.167. The Morgan fingerprint density at radius 2 is 0.493 bits per heavy atom. The zero-order valence-electron chi connectivity index (χ0n) is 49.2. The van der Waals surface area contributed by atoms with Gasteiger partial charge < -0.3 is 14.2 Å². The second-order valence-corrected chi connectivity index (χ2v) is 22.0. The molecule has 0 saturated carbocycles. The van der Waals surface area contributed by atoms with Gasteiger partial charge in [-0.25, -0.2) is 0 Å². The first-order valence-electron chi connectivity index (χ1n) is 32.5. The van der Waals surface area contributed by atoms with Crippen LogP contribution < -0.4 is 0 Å². The van der Waals surface area contributed by atoms with Crippen LogP contribution in [0.25, 0.3) is 0 Å². The largest absolute Gasteiger partial charge is 0.462 e. The molecule has 1 unspecified atom stereocenters. The number of ether oxygens (including phenoxy) is 3. The molecule has 0 aromatic rings. The van der Waals surface area contributed by atoms with Crippen molar-refractivity contribution in [3.05, 3.63) is 36.5 Å². The van der Waals surface area contributed by atoms with Crippen molar-refractivity contribution in [2.75, 3.05) is 13.2 Å². The number of hydrogen-bond acceptors (Lipinski definition) is 6. The zero-order valence-corrected chi connectivity index (χ0v) is 49.2. The summed E-state index contributed by atoms with van der Waals surface area (Å²) >= 11 is 0. The molecular formula is C67H124O6. The first-order valence-corrected chi connectivity index (χ1v) is 32.5. The Balaban J connectivity index is 4.33. The van der Waals surface area contributed by atoms with Crippen molar-refractivity contribution < 1.29 is 28.6 Å². The fourth-order valence-corrected chi connectivity index (χ4v) is 9.71. The summed E-state index contributed by atoms with van der Waals surface area (Å²) in [6.07, 6.45) is 75.7. The Bertz CT molecular complexity index is 1220. The predicted molar refractivity (Wildman–Crippen MR) is 316 cm³/mol. The summed E-state index contributed by atoms with van der Waals surface area (Å²) < 4.78 is 17.0. The molecule has 0 heterocycles. The van der Waals surface area contributed by atoms with E-state index >= 15 is 0 Å². The molecule has 6 nitrogen and oxygen atoms in total. The summed E-state index contributed by atoms with van der Waals surface area (Å²) in [4.78, 5) is 38.3. The minimum Gasteiger partial charge on any atom is -0.462 e. The molecule has 428 valence electrons. The van der Waals surface area contributed by atoms with Gasteiger partial charge in [0.25, 0.3) is 0 Å². The summed E-state index contributed by atoms with van der Waals surface area (Å²) in [5.74, 6) is -0.855. The molecule has 0 aliphatic carbocycles. The molecular weight excluding hydrogens is 901 g/mol. The fraction of sp³-hybridized carbons (Fsp3) is 0.866. The van der Waals surface area contributed by atoms with Crippen LogP contribution in [-0.2, 0) is 28.6 Å². The second-order valence-electron chi connectivity index (χ2n) is 22.0. The number of unbranched alkanes of at least 4 members (excludes halogenated alkanes) is 43. The first kappa shape index (κ1) is 70.6. The molecule has 0 aromatic carbocycles. The SMILES string of the molecule is CCCCCCC/C=C\C/C=C\CCCCCCCCCCCC(=O)OCC(COC(=O)CCCCCCCCCCCCCCCCCC)OC(=O)CCCCCCCCC/C=C\CCCCCCCCC. The quantitative estimate of drug-likeness (QED) is 0.0261. The van der Waals surface area contributed by atoms with Crippen LogP contribution in [0.15, 0.2) is 36.5 Å². The number of hydrogen-bond donors (Lipinski definition) is 0. The molecule has 0 N–H and O–H groups in total. The molecule has 0 radical (unpaired) electrons. The number of rotatable bonds is 60. The third-order valence-corrected chi connectivity index (χ3v) is 14.6. The summed E-state index contributed by atoms with van der Waals surface area (Å²) in [5.41, 5.74) is 0. The van der Waals surface area contributed by atoms with Crippen LogP contribution in [-0.4, -0.2) is 37.2 Å². The van der Waals surface area contributed by atoms with E-state index in [0.717, 1.165) is 64.2 Å². The lowest BCUT2D eigenvalue weighted by atomic mass is 10.0. The standard InChI is InChI=1S/C67H124O6/c1-4-7-10-13-16-19-22-25-28-31-33-34-35-37-39-42-45-48-51-54-57-60-66(69)72-63-64(62-71-65(68)59-56-53-50-47-44-41-38-30-27-24-21-18-15-12-9-6-3)73-67(70)61-58-55-52-49-46-43-40-36-32-29-26-23-20-17-14-11-8-5-2/h22,25,29,31-33,64H,4-21,23-24,26-28,30,34-63H2,1-3H3/b25-22-,32-29-,33-31-. The summed E-state index contributed by atoms with van der Waals surface area (Å²) in [7, 11) is 0. The van der Waals surface area contributed by atoms with Crippen LogP contribution in [0.1, 0.15) is 355 Å². The molecule has 0 rings (SSSR count). The van der Waals surface area contributed by atoms with Crippen molar-refractivity contribution in [3.63, 3.8) is 0 Å². The number of carbonyl (C=O) groups excluding carboxylic acids is 3. The third kappa shape index (κ3) is 60.4. The molecule has 0 saturated heterocycles. The Morgan fingerprint density at radius 3 is 0.767 bits per heavy atom. The van der Waals surface area contributed by atoms with Gasteiger partial charge in [-0.3, -0.25) is 14.4 Å². The average Bonchev–Trinajstić information content (AvgIpc) is 3.39. The summed E-state index contributed by atoms with van der Waals surface area (Å²) in [5, 5.41) is 0. The highest BCUT2D eigenvalue weighted by atomic mass is 16.6. The Morgan fingerprint density at radius 1 is 0.274 bits per heavy atom. The highest BCUT2D eigenvalue weighted by molar-refractivity contribution is 5.71. The van der Waals surface area contributed by atoms with Gasteiger partial charge in [-0.2, -0.15) is 0 Å². The fourth-order valence-electron chi connectivity index (χ4n) is 9.71. The van der Waals surface area contributed by atoms with Gasteiger partial charge in [0, 0.05) is 19.3 Å². The highest BCUT2D eigenvalue weighted by Gasteiger charge is 2.19. The first-order chi connectivity index (χ1) is 36.0. The van der Waals surface area contributed by atoms with Crippen LogP contribution in [0.5, 0.6) is 0 Å². The van der Waals surface area contributed by atoms with E-state index in [1.165, 1.54) is 250 Å². The molecule has 0 aliphatic heterocycles. The van der Waals surface area contributed by atoms with Crippen LogP contribution in [0.2, 0.25) is 0 Å². The Kier molecular flexibility index (Phi) is 60.2. The van der Waals surface area contributed by atoms with Gasteiger partial charge in [-0.1, -0.05) is 295 Å². The summed E-state index contributed by atoms with van der Waals surface area (Å²) in [6.45, 7) is 6.68. The van der Waals surface area contributed by atoms with E-state index in [0.29, 0.717) is 19.3 Å². The smallest absolute Gasteiger partial charge is 0.306 e. The van der Waals surface area contributed by atoms with Crippen LogP contribution in [0.3, 0.4) is 0 Å². The van der Waals surface area contributed by atoms with Gasteiger partial charge in [0.15, 0.2) is 6.10 Å². The Labute approximate surface area is 455 Å². The van der Waals surface area contributed by atoms with Gasteiger partial charge in [0.1, 0.15) is 13.2 Å². The molecule has 1 atom stereocenters. The number of carbonyl (C=O) groups is 3. The van der Waals surface area contributed by atoms with Gasteiger partial charge in [-0.05, 0) is 77.0 Å². The molecule has 0 fully saturated rings. The lowest BCUT2D eigenvalue weighted by Crippen LogP contribution is -2.30. The van der Waals surface area contributed by atoms with Crippen molar-refractivity contribution in [1.29, 1.82) is 0 Å². The normalized spacial score (nSPS) is 12.2. The van der Waals surface area contributed by atoms with E-state index in [2.05, 4.69) is 57.2 Å². The van der Waals surface area contributed by atoms with Crippen molar-refractivity contribution in [2.24, 2.45) is 0 Å². The molecule has 6 heteroatoms. The molecule has 0 amide bonds. The summed E-state index contributed by atoms with van der Waals surface area (Å²) in [6, 6.07) is 0. The van der Waals surface area contributed by atoms with Crippen molar-refractivity contribution in [3.8, 4) is 0 Å². The minimum atomic E-state index is -0.774. The molecule has 0 spiro atoms. The molecule has 0 aromatic heterocycles. The van der Waals surface area contributed by atoms with E-state index in [1.807, 2.05) is 0 Å². The van der Waals surface area contributed by atoms with Crippen LogP contribution >= 0.6 is 0 Å². The highest BCUT2D eigenvalue weighted by Crippen LogP contribution is 2.17. The van der Waals surface area contributed by atoms with E-state index in [-0.39, 0.29) is 31.1 Å². The predicted octanol–water partition coefficient (Wildman–Crippen LogP) is 22.0. The van der Waals surface area contributed by atoms with E-state index in [4.69, 9.17) is 14.2 Å². The van der Waals surface area contributed by atoms with Crippen molar-refractivity contribution in [2.45, 2.75) is 361 Å². The van der Waals surface area contributed by atoms with Crippen LogP contribution in [0, 0.1) is 0 Å². The van der Waals surface area contributed by atoms with E-state index in [9.17, 15) is 14.4 Å². The zero-order chi connectivity index (χ0) is 52.9. The number of allylic oxidation sites excluding steroid dienone is 6. The van der Waals surface area contributed by atoms with E-state index < -0.39 is 6.10 Å². The topological polar surface area (TPSA) is 78.9 Å². The van der Waals surface area contributed by atoms with Crippen molar-refractivity contribution >= 4 is 17.9 Å². The maximum atomic E-state index is 12.9. The number of esters is 3.